The molecule has 0 radical (unpaired) electrons. The molecule has 176 valence electrons. The van der Waals surface area contributed by atoms with E-state index < -0.39 is 21.4 Å². The van der Waals surface area contributed by atoms with Crippen LogP contribution in [0.1, 0.15) is 57.8 Å². The van der Waals surface area contributed by atoms with Gasteiger partial charge >= 0.3 is 0 Å². The van der Waals surface area contributed by atoms with Gasteiger partial charge in [-0.15, -0.1) is 0 Å². The van der Waals surface area contributed by atoms with E-state index in [0.29, 0.717) is 37.6 Å². The SMILES string of the molecule is CCn1cc(C(=O)NCCC(C)C)c(=O)c2cc(S(=O)(=O)N3C[C@@H](C)C[C@H](C)C3)ccc21. The molecular weight excluding hydrogens is 426 g/mol. The molecule has 8 heteroatoms. The highest BCUT2D eigenvalue weighted by Gasteiger charge is 2.32. The molecule has 1 aromatic heterocycles. The van der Waals surface area contributed by atoms with Crippen molar-refractivity contribution >= 4 is 26.8 Å². The van der Waals surface area contributed by atoms with Gasteiger partial charge in [0.25, 0.3) is 5.91 Å². The van der Waals surface area contributed by atoms with Crippen LogP contribution in [0.4, 0.5) is 0 Å². The molecule has 0 bridgehead atoms. The Kier molecular flexibility index (Phi) is 7.45. The maximum absolute atomic E-state index is 13.3. The average molecular weight is 462 g/mol. The first-order chi connectivity index (χ1) is 15.0. The molecule has 2 aromatic rings. The molecule has 1 saturated heterocycles. The molecule has 2 atom stereocenters. The number of rotatable bonds is 7. The van der Waals surface area contributed by atoms with Gasteiger partial charge in [0, 0.05) is 37.8 Å². The Balaban J connectivity index is 2.04. The number of nitrogens with one attached hydrogen (secondary N) is 1. The number of carbonyl (C=O) groups is 1. The van der Waals surface area contributed by atoms with Crippen molar-refractivity contribution in [2.45, 2.75) is 58.9 Å². The molecule has 1 N–H and O–H groups in total. The number of carbonyl (C=O) groups excluding carboxylic acids is 1. The summed E-state index contributed by atoms with van der Waals surface area (Å²) in [4.78, 5) is 26.0. The highest BCUT2D eigenvalue weighted by atomic mass is 32.2. The summed E-state index contributed by atoms with van der Waals surface area (Å²) in [6.45, 7) is 12.2. The van der Waals surface area contributed by atoms with Crippen LogP contribution in [0.2, 0.25) is 0 Å². The second-order valence-corrected chi connectivity index (χ2v) is 11.5. The van der Waals surface area contributed by atoms with Crippen LogP contribution in [0.25, 0.3) is 10.9 Å². The van der Waals surface area contributed by atoms with E-state index in [4.69, 9.17) is 0 Å². The second-order valence-electron chi connectivity index (χ2n) is 9.54. The van der Waals surface area contributed by atoms with Gasteiger partial charge in [-0.1, -0.05) is 27.7 Å². The summed E-state index contributed by atoms with van der Waals surface area (Å²) >= 11 is 0. The summed E-state index contributed by atoms with van der Waals surface area (Å²) in [5, 5.41) is 3.07. The predicted octanol–water partition coefficient (Wildman–Crippen LogP) is 3.46. The van der Waals surface area contributed by atoms with Crippen LogP contribution >= 0.6 is 0 Å². The zero-order valence-corrected chi connectivity index (χ0v) is 20.5. The number of aryl methyl sites for hydroxylation is 1. The Morgan fingerprint density at radius 1 is 1.19 bits per heavy atom. The number of fused-ring (bicyclic) bond motifs is 1. The molecule has 1 fully saturated rings. The van der Waals surface area contributed by atoms with E-state index >= 15 is 0 Å². The van der Waals surface area contributed by atoms with Crippen molar-refractivity contribution in [2.75, 3.05) is 19.6 Å². The number of amides is 1. The van der Waals surface area contributed by atoms with Crippen molar-refractivity contribution < 1.29 is 13.2 Å². The van der Waals surface area contributed by atoms with E-state index in [1.54, 1.807) is 18.3 Å². The smallest absolute Gasteiger partial charge is 0.256 e. The van der Waals surface area contributed by atoms with Gasteiger partial charge in [-0.3, -0.25) is 9.59 Å². The van der Waals surface area contributed by atoms with Gasteiger partial charge in [-0.05, 0) is 55.7 Å². The lowest BCUT2D eigenvalue weighted by Crippen LogP contribution is -2.42. The minimum atomic E-state index is -3.73. The Labute approximate surface area is 190 Å². The number of benzene rings is 1. The summed E-state index contributed by atoms with van der Waals surface area (Å²) in [5.74, 6) is 0.582. The van der Waals surface area contributed by atoms with Crippen molar-refractivity contribution in [1.29, 1.82) is 0 Å². The molecule has 2 heterocycles. The summed E-state index contributed by atoms with van der Waals surface area (Å²) in [5.41, 5.74) is 0.220. The first kappa shape index (κ1) is 24.5. The maximum atomic E-state index is 13.3. The monoisotopic (exact) mass is 461 g/mol. The average Bonchev–Trinajstić information content (AvgIpc) is 2.72. The molecule has 7 nitrogen and oxygen atoms in total. The third kappa shape index (κ3) is 5.07. The maximum Gasteiger partial charge on any atom is 0.256 e. The van der Waals surface area contributed by atoms with Gasteiger partial charge in [-0.2, -0.15) is 4.31 Å². The van der Waals surface area contributed by atoms with Gasteiger partial charge in [0.2, 0.25) is 15.5 Å². The largest absolute Gasteiger partial charge is 0.352 e. The van der Waals surface area contributed by atoms with Crippen LogP contribution in [-0.4, -0.2) is 42.8 Å². The highest BCUT2D eigenvalue weighted by Crippen LogP contribution is 2.28. The van der Waals surface area contributed by atoms with Crippen LogP contribution in [0.15, 0.2) is 34.1 Å². The zero-order chi connectivity index (χ0) is 23.6. The third-order valence-electron chi connectivity index (χ3n) is 6.12. The van der Waals surface area contributed by atoms with Gasteiger partial charge in [0.05, 0.1) is 10.4 Å². The van der Waals surface area contributed by atoms with Gasteiger partial charge in [0.1, 0.15) is 5.56 Å². The summed E-state index contributed by atoms with van der Waals surface area (Å²) in [6.07, 6.45) is 3.38. The molecule has 0 aliphatic carbocycles. The fourth-order valence-electron chi connectivity index (χ4n) is 4.48. The second kappa shape index (κ2) is 9.75. The molecule has 1 aliphatic heterocycles. The fraction of sp³-hybridized carbons (Fsp3) is 0.583. The predicted molar refractivity (Wildman–Crippen MR) is 127 cm³/mol. The van der Waals surface area contributed by atoms with E-state index in [9.17, 15) is 18.0 Å². The van der Waals surface area contributed by atoms with E-state index in [2.05, 4.69) is 33.0 Å². The highest BCUT2D eigenvalue weighted by molar-refractivity contribution is 7.89. The molecule has 32 heavy (non-hydrogen) atoms. The molecule has 0 unspecified atom stereocenters. The zero-order valence-electron chi connectivity index (χ0n) is 19.7. The lowest BCUT2D eigenvalue weighted by atomic mass is 9.94. The van der Waals surface area contributed by atoms with E-state index in [0.717, 1.165) is 12.8 Å². The van der Waals surface area contributed by atoms with Crippen LogP contribution in [0.5, 0.6) is 0 Å². The topological polar surface area (TPSA) is 88.5 Å². The van der Waals surface area contributed by atoms with Crippen LogP contribution < -0.4 is 10.7 Å². The third-order valence-corrected chi connectivity index (χ3v) is 7.94. The molecule has 0 saturated carbocycles. The van der Waals surface area contributed by atoms with Crippen molar-refractivity contribution in [2.24, 2.45) is 17.8 Å². The first-order valence-electron chi connectivity index (χ1n) is 11.5. The Bertz CT molecular complexity index is 1140. The number of piperidine rings is 1. The first-order valence-corrected chi connectivity index (χ1v) is 12.9. The minimum Gasteiger partial charge on any atom is -0.352 e. The number of hydrogen-bond acceptors (Lipinski definition) is 4. The number of hydrogen-bond donors (Lipinski definition) is 1. The number of nitrogens with zero attached hydrogens (tertiary/aromatic N) is 2. The van der Waals surface area contributed by atoms with E-state index in [-0.39, 0.29) is 27.7 Å². The summed E-state index contributed by atoms with van der Waals surface area (Å²) in [7, 11) is -3.73. The van der Waals surface area contributed by atoms with Gasteiger partial charge in [-0.25, -0.2) is 8.42 Å². The lowest BCUT2D eigenvalue weighted by Gasteiger charge is -2.34. The fourth-order valence-corrected chi connectivity index (χ4v) is 6.19. The normalized spacial score (nSPS) is 20.1. The summed E-state index contributed by atoms with van der Waals surface area (Å²) < 4.78 is 30.0. The molecule has 0 spiro atoms. The summed E-state index contributed by atoms with van der Waals surface area (Å²) in [6, 6.07) is 4.67. The van der Waals surface area contributed by atoms with Crippen LogP contribution in [0, 0.1) is 17.8 Å². The number of sulfonamides is 1. The minimum absolute atomic E-state index is 0.0397. The van der Waals surface area contributed by atoms with Gasteiger partial charge in [0.15, 0.2) is 0 Å². The van der Waals surface area contributed by atoms with Crippen LogP contribution in [-0.2, 0) is 16.6 Å². The Morgan fingerprint density at radius 3 is 2.44 bits per heavy atom. The molecule has 3 rings (SSSR count). The molecular formula is C24H35N3O4S. The number of pyridine rings is 1. The van der Waals surface area contributed by atoms with Crippen molar-refractivity contribution in [3.63, 3.8) is 0 Å². The van der Waals surface area contributed by atoms with E-state index in [1.165, 1.54) is 10.4 Å². The molecule has 1 aromatic carbocycles. The Hall–Kier alpha value is -2.19. The van der Waals surface area contributed by atoms with E-state index in [1.807, 2.05) is 11.5 Å². The molecule has 1 amide bonds. The quantitative estimate of drug-likeness (QED) is 0.684. The van der Waals surface area contributed by atoms with Crippen LogP contribution in [0.3, 0.4) is 0 Å². The van der Waals surface area contributed by atoms with Crippen molar-refractivity contribution in [3.05, 3.63) is 40.2 Å². The standard InChI is InChI=1S/C24H35N3O4S/c1-6-26-15-21(24(29)25-10-9-16(2)3)23(28)20-12-19(7-8-22(20)26)32(30,31)27-13-17(4)11-18(5)14-27/h7-8,12,15-18H,6,9-11,13-14H2,1-5H3,(H,25,29)/t17-,18-/m0/s1. The van der Waals surface area contributed by atoms with Crippen molar-refractivity contribution in [3.8, 4) is 0 Å². The Morgan fingerprint density at radius 2 is 1.84 bits per heavy atom. The molecule has 1 aliphatic rings. The lowest BCUT2D eigenvalue weighted by molar-refractivity contribution is 0.0950. The van der Waals surface area contributed by atoms with Crippen molar-refractivity contribution in [1.82, 2.24) is 14.2 Å². The van der Waals surface area contributed by atoms with Gasteiger partial charge < -0.3 is 9.88 Å². The number of aromatic nitrogens is 1.